The monoisotopic (exact) mass is 448 g/mol. The van der Waals surface area contributed by atoms with Gasteiger partial charge in [0.2, 0.25) is 11.8 Å². The minimum absolute atomic E-state index is 0.208. The molecule has 0 bridgehead atoms. The van der Waals surface area contributed by atoms with E-state index >= 15 is 0 Å². The molecule has 0 unspecified atom stereocenters. The number of hydroxylamine groups is 1. The third kappa shape index (κ3) is 3.98. The van der Waals surface area contributed by atoms with E-state index in [0.717, 1.165) is 15.4 Å². The first-order valence-corrected chi connectivity index (χ1v) is 11.4. The molecule has 1 fully saturated rings. The minimum atomic E-state index is -4.46. The second-order valence-corrected chi connectivity index (χ2v) is 10.2. The molecule has 0 spiro atoms. The first kappa shape index (κ1) is 22.0. The van der Waals surface area contributed by atoms with Crippen molar-refractivity contribution in [3.8, 4) is 0 Å². The number of likely N-dealkylation sites (tertiary alicyclic amines) is 1. The van der Waals surface area contributed by atoms with Gasteiger partial charge < -0.3 is 0 Å². The van der Waals surface area contributed by atoms with Gasteiger partial charge in [0.25, 0.3) is 5.91 Å². The summed E-state index contributed by atoms with van der Waals surface area (Å²) in [6.07, 6.45) is -1.48. The average molecular weight is 449 g/mol. The Morgan fingerprint density at radius 1 is 1.07 bits per heavy atom. The van der Waals surface area contributed by atoms with Crippen molar-refractivity contribution in [3.63, 3.8) is 0 Å². The van der Waals surface area contributed by atoms with Gasteiger partial charge in [0.05, 0.1) is 17.7 Å². The molecule has 0 aliphatic carbocycles. The maximum atomic E-state index is 13.3. The average Bonchev–Trinajstić information content (AvgIpc) is 2.76. The lowest BCUT2D eigenvalue weighted by Crippen LogP contribution is -2.60. The number of carbonyl (C=O) groups excluding carboxylic acids is 3. The van der Waals surface area contributed by atoms with Crippen LogP contribution in [0.2, 0.25) is 0 Å². The van der Waals surface area contributed by atoms with Gasteiger partial charge in [-0.1, -0.05) is 30.3 Å². The zero-order valence-corrected chi connectivity index (χ0v) is 17.7. The van der Waals surface area contributed by atoms with E-state index in [-0.39, 0.29) is 4.90 Å². The summed E-state index contributed by atoms with van der Waals surface area (Å²) in [5, 5.41) is 9.12. The quantitative estimate of drug-likeness (QED) is 0.299. The Morgan fingerprint density at radius 3 is 2.17 bits per heavy atom. The molecule has 2 aromatic rings. The van der Waals surface area contributed by atoms with Gasteiger partial charge in [0.15, 0.2) is 14.6 Å². The van der Waals surface area contributed by atoms with Crippen molar-refractivity contribution in [1.82, 2.24) is 10.4 Å². The highest BCUT2D eigenvalue weighted by Crippen LogP contribution is 2.37. The second kappa shape index (κ2) is 8.58. The molecule has 0 saturated carbocycles. The molecule has 0 radical (unpaired) electrons. The fourth-order valence-corrected chi connectivity index (χ4v) is 5.90. The van der Waals surface area contributed by atoms with Crippen molar-refractivity contribution in [2.24, 2.45) is 0 Å². The molecule has 8 nitrogen and oxygen atoms in total. The molecule has 1 heterocycles. The van der Waals surface area contributed by atoms with Crippen molar-refractivity contribution in [2.75, 3.05) is 7.05 Å². The largest absolute Gasteiger partial charge is 0.289 e. The minimum Gasteiger partial charge on any atom is -0.289 e. The number of carbonyl (C=O) groups is 3. The fourth-order valence-electron chi connectivity index (χ4n) is 3.18. The van der Waals surface area contributed by atoms with Gasteiger partial charge in [-0.3, -0.25) is 24.5 Å². The summed E-state index contributed by atoms with van der Waals surface area (Å²) < 4.78 is 24.2. The first-order chi connectivity index (χ1) is 14.2. The maximum Gasteiger partial charge on any atom is 0.266 e. The van der Waals surface area contributed by atoms with Gasteiger partial charge in [-0.25, -0.2) is 13.9 Å². The Balaban J connectivity index is 1.89. The highest BCUT2D eigenvalue weighted by molar-refractivity contribution is 7.98. The van der Waals surface area contributed by atoms with Gasteiger partial charge in [0, 0.05) is 17.7 Å². The third-order valence-corrected chi connectivity index (χ3v) is 8.51. The zero-order valence-electron chi connectivity index (χ0n) is 16.1. The predicted molar refractivity (Wildman–Crippen MR) is 109 cm³/mol. The maximum absolute atomic E-state index is 13.3. The number of amides is 3. The number of nitrogens with zero attached hydrogens (tertiary/aromatic N) is 1. The molecule has 0 atom stereocenters. The van der Waals surface area contributed by atoms with Crippen molar-refractivity contribution in [2.45, 2.75) is 33.1 Å². The van der Waals surface area contributed by atoms with E-state index in [4.69, 9.17) is 5.21 Å². The number of thioether (sulfide) groups is 1. The van der Waals surface area contributed by atoms with Crippen LogP contribution < -0.4 is 5.48 Å². The van der Waals surface area contributed by atoms with Crippen LogP contribution in [0.15, 0.2) is 64.4 Å². The van der Waals surface area contributed by atoms with Crippen LogP contribution in [-0.2, 0) is 30.0 Å². The van der Waals surface area contributed by atoms with Crippen LogP contribution in [0, 0.1) is 0 Å². The van der Waals surface area contributed by atoms with Crippen LogP contribution in [0.25, 0.3) is 0 Å². The van der Waals surface area contributed by atoms with Crippen LogP contribution in [0.1, 0.15) is 18.4 Å². The molecule has 3 amide bonds. The van der Waals surface area contributed by atoms with Crippen LogP contribution in [0.3, 0.4) is 0 Å². The van der Waals surface area contributed by atoms with Gasteiger partial charge in [-0.2, -0.15) is 0 Å². The van der Waals surface area contributed by atoms with Crippen LogP contribution >= 0.6 is 11.8 Å². The van der Waals surface area contributed by atoms with Gasteiger partial charge in [0.1, 0.15) is 0 Å². The van der Waals surface area contributed by atoms with Crippen LogP contribution in [0.4, 0.5) is 0 Å². The molecule has 0 aromatic heterocycles. The summed E-state index contributed by atoms with van der Waals surface area (Å²) in [5.74, 6) is -2.24. The molecule has 158 valence electrons. The first-order valence-electron chi connectivity index (χ1n) is 8.96. The SMILES string of the molecule is CN1C(=O)CC(C(=O)NO)(S(=O)(=O)c2ccc(SCc3ccccc3)cc2)CC1=O. The summed E-state index contributed by atoms with van der Waals surface area (Å²) >= 11 is 1.51. The Labute approximate surface area is 178 Å². The van der Waals surface area contributed by atoms with Crippen LogP contribution in [0.5, 0.6) is 0 Å². The molecule has 2 aromatic carbocycles. The summed E-state index contributed by atoms with van der Waals surface area (Å²) in [6, 6.07) is 15.6. The van der Waals surface area contributed by atoms with Crippen molar-refractivity contribution >= 4 is 39.3 Å². The highest BCUT2D eigenvalue weighted by atomic mass is 32.2. The van der Waals surface area contributed by atoms with Gasteiger partial charge in [-0.05, 0) is 29.8 Å². The highest BCUT2D eigenvalue weighted by Gasteiger charge is 2.57. The van der Waals surface area contributed by atoms with E-state index in [9.17, 15) is 22.8 Å². The fraction of sp³-hybridized carbons (Fsp3) is 0.250. The molecule has 2 N–H and O–H groups in total. The number of hydrogen-bond acceptors (Lipinski definition) is 7. The van der Waals surface area contributed by atoms with Crippen molar-refractivity contribution in [1.29, 1.82) is 0 Å². The Hall–Kier alpha value is -2.69. The lowest BCUT2D eigenvalue weighted by atomic mass is 9.94. The molecule has 30 heavy (non-hydrogen) atoms. The Bertz CT molecular complexity index is 1050. The smallest absolute Gasteiger partial charge is 0.266 e. The normalized spacial score (nSPS) is 16.4. The number of imide groups is 1. The molecular weight excluding hydrogens is 428 g/mol. The molecule has 1 aliphatic rings. The predicted octanol–water partition coefficient (Wildman–Crippen LogP) is 1.78. The summed E-state index contributed by atoms with van der Waals surface area (Å²) in [5.41, 5.74) is 2.42. The van der Waals surface area contributed by atoms with E-state index in [0.29, 0.717) is 5.75 Å². The Morgan fingerprint density at radius 2 is 1.63 bits per heavy atom. The van der Waals surface area contributed by atoms with Crippen molar-refractivity contribution in [3.05, 3.63) is 60.2 Å². The number of nitrogens with one attached hydrogen (secondary N) is 1. The number of sulfone groups is 1. The number of hydrogen-bond donors (Lipinski definition) is 2. The summed E-state index contributed by atoms with van der Waals surface area (Å²) in [6.45, 7) is 0. The molecule has 10 heteroatoms. The lowest BCUT2D eigenvalue weighted by molar-refractivity contribution is -0.151. The van der Waals surface area contributed by atoms with Gasteiger partial charge in [-0.15, -0.1) is 11.8 Å². The van der Waals surface area contributed by atoms with E-state index in [1.54, 1.807) is 12.1 Å². The van der Waals surface area contributed by atoms with E-state index < -0.39 is 45.1 Å². The summed E-state index contributed by atoms with van der Waals surface area (Å²) in [4.78, 5) is 38.1. The molecule has 1 aliphatic heterocycles. The van der Waals surface area contributed by atoms with Crippen LogP contribution in [-0.4, -0.2) is 48.0 Å². The lowest BCUT2D eigenvalue weighted by Gasteiger charge is -2.36. The number of rotatable bonds is 6. The van der Waals surface area contributed by atoms with E-state index in [1.807, 2.05) is 30.3 Å². The molecule has 3 rings (SSSR count). The standard InChI is InChI=1S/C20H20N2O6S2/c1-22-17(23)11-20(12-18(22)24,19(25)21-26)30(27,28)16-9-7-15(8-10-16)29-13-14-5-3-2-4-6-14/h2-10,26H,11-13H2,1H3,(H,21,25). The zero-order chi connectivity index (χ0) is 21.9. The Kier molecular flexibility index (Phi) is 6.30. The molecular formula is C20H20N2O6S2. The number of piperidine rings is 1. The summed E-state index contributed by atoms with van der Waals surface area (Å²) in [7, 11) is -3.24. The number of benzene rings is 2. The third-order valence-electron chi connectivity index (χ3n) is 5.03. The van der Waals surface area contributed by atoms with Gasteiger partial charge >= 0.3 is 0 Å². The van der Waals surface area contributed by atoms with E-state index in [1.165, 1.54) is 36.4 Å². The topological polar surface area (TPSA) is 121 Å². The second-order valence-electron chi connectivity index (χ2n) is 6.88. The molecule has 1 saturated heterocycles. The van der Waals surface area contributed by atoms with Crippen molar-refractivity contribution < 1.29 is 28.0 Å². The van der Waals surface area contributed by atoms with E-state index in [2.05, 4.69) is 0 Å².